The van der Waals surface area contributed by atoms with Gasteiger partial charge >= 0.3 is 6.18 Å². The summed E-state index contributed by atoms with van der Waals surface area (Å²) in [6.07, 6.45) is -2.26. The standard InChI is InChI=1S/C19H19F4N3O/c1-12-10-15(20)3-4-16(12)25-18(27)13-6-8-26(9-7-13)17-5-2-14(11-24-17)19(21,22)23/h2-5,10-11,13H,6-9H2,1H3,(H,25,27)/p+1. The van der Waals surface area contributed by atoms with Gasteiger partial charge in [0.25, 0.3) is 5.82 Å². The number of benzene rings is 1. The third-order valence-electron chi connectivity index (χ3n) is 4.78. The summed E-state index contributed by atoms with van der Waals surface area (Å²) in [4.78, 5) is 17.1. The zero-order chi connectivity index (χ0) is 19.6. The van der Waals surface area contributed by atoms with Crippen LogP contribution in [-0.4, -0.2) is 19.0 Å². The Hall–Kier alpha value is -2.64. The van der Waals surface area contributed by atoms with Crippen molar-refractivity contribution in [3.05, 3.63) is 53.5 Å². The SMILES string of the molecule is Cc1cc(F)ccc1NC(=O)C1CCN(c2ccc(C(F)(F)F)c[nH+]2)CC1. The molecule has 0 spiro atoms. The third-order valence-corrected chi connectivity index (χ3v) is 4.78. The molecule has 0 radical (unpaired) electrons. The number of H-pyrrole nitrogens is 1. The summed E-state index contributed by atoms with van der Waals surface area (Å²) < 4.78 is 51.0. The van der Waals surface area contributed by atoms with Gasteiger partial charge in [0.2, 0.25) is 5.91 Å². The lowest BCUT2D eigenvalue weighted by Crippen LogP contribution is -2.40. The summed E-state index contributed by atoms with van der Waals surface area (Å²) in [5.41, 5.74) is 0.509. The van der Waals surface area contributed by atoms with Gasteiger partial charge in [-0.3, -0.25) is 9.69 Å². The molecule has 1 saturated heterocycles. The molecule has 1 amide bonds. The van der Waals surface area contributed by atoms with Crippen LogP contribution in [0.2, 0.25) is 0 Å². The molecule has 144 valence electrons. The zero-order valence-electron chi connectivity index (χ0n) is 14.7. The molecular formula is C19H20F4N3O+. The number of hydrogen-bond donors (Lipinski definition) is 1. The topological polar surface area (TPSA) is 46.5 Å². The van der Waals surface area contributed by atoms with Gasteiger partial charge in [-0.1, -0.05) is 0 Å². The van der Waals surface area contributed by atoms with Crippen LogP contribution in [0.1, 0.15) is 24.0 Å². The number of hydrogen-bond acceptors (Lipinski definition) is 2. The number of aromatic amines is 1. The minimum Gasteiger partial charge on any atom is -0.326 e. The summed E-state index contributed by atoms with van der Waals surface area (Å²) in [5.74, 6) is -0.0799. The summed E-state index contributed by atoms with van der Waals surface area (Å²) in [5, 5.41) is 2.83. The number of nitrogens with one attached hydrogen (secondary N) is 2. The molecule has 1 aliphatic heterocycles. The van der Waals surface area contributed by atoms with Crippen LogP contribution in [0.5, 0.6) is 0 Å². The van der Waals surface area contributed by atoms with Crippen molar-refractivity contribution in [2.45, 2.75) is 25.9 Å². The van der Waals surface area contributed by atoms with Crippen molar-refractivity contribution in [2.75, 3.05) is 23.3 Å². The number of nitrogens with zero attached hydrogens (tertiary/aromatic N) is 1. The average Bonchev–Trinajstić information content (AvgIpc) is 2.63. The molecule has 2 aromatic rings. The fourth-order valence-electron chi connectivity index (χ4n) is 3.17. The number of halogens is 4. The minimum atomic E-state index is -4.38. The molecule has 0 aliphatic carbocycles. The molecule has 2 heterocycles. The number of amides is 1. The lowest BCUT2D eigenvalue weighted by molar-refractivity contribution is -0.367. The number of aromatic nitrogens is 1. The van der Waals surface area contributed by atoms with E-state index in [1.165, 1.54) is 24.3 Å². The van der Waals surface area contributed by atoms with Crippen molar-refractivity contribution in [3.63, 3.8) is 0 Å². The minimum absolute atomic E-state index is 0.124. The Labute approximate surface area is 154 Å². The average molecular weight is 382 g/mol. The van der Waals surface area contributed by atoms with E-state index < -0.39 is 11.7 Å². The predicted molar refractivity (Wildman–Crippen MR) is 92.7 cm³/mol. The molecule has 1 aromatic heterocycles. The number of aryl methyl sites for hydroxylation is 1. The second-order valence-electron chi connectivity index (χ2n) is 6.67. The molecule has 0 atom stereocenters. The highest BCUT2D eigenvalue weighted by atomic mass is 19.4. The Balaban J connectivity index is 1.57. The van der Waals surface area contributed by atoms with E-state index in [2.05, 4.69) is 10.3 Å². The maximum atomic E-state index is 13.2. The first-order chi connectivity index (χ1) is 12.7. The van der Waals surface area contributed by atoms with Crippen LogP contribution < -0.4 is 15.2 Å². The number of piperidine rings is 1. The molecule has 0 saturated carbocycles. The number of carbonyl (C=O) groups excluding carboxylic acids is 1. The van der Waals surface area contributed by atoms with E-state index in [9.17, 15) is 22.4 Å². The smallest absolute Gasteiger partial charge is 0.326 e. The largest absolute Gasteiger partial charge is 0.419 e. The molecule has 8 heteroatoms. The van der Waals surface area contributed by atoms with Gasteiger partial charge in [0.05, 0.1) is 18.7 Å². The molecule has 4 nitrogen and oxygen atoms in total. The zero-order valence-corrected chi connectivity index (χ0v) is 14.7. The van der Waals surface area contributed by atoms with Gasteiger partial charge in [-0.05, 0) is 49.6 Å². The quantitative estimate of drug-likeness (QED) is 0.821. The second-order valence-corrected chi connectivity index (χ2v) is 6.67. The van der Waals surface area contributed by atoms with Crippen molar-refractivity contribution in [1.82, 2.24) is 0 Å². The molecule has 27 heavy (non-hydrogen) atoms. The summed E-state index contributed by atoms with van der Waals surface area (Å²) in [6, 6.07) is 6.65. The van der Waals surface area contributed by atoms with Crippen molar-refractivity contribution in [2.24, 2.45) is 5.92 Å². The first-order valence-corrected chi connectivity index (χ1v) is 8.65. The first-order valence-electron chi connectivity index (χ1n) is 8.65. The Morgan fingerprint density at radius 3 is 2.44 bits per heavy atom. The van der Waals surface area contributed by atoms with E-state index in [1.807, 2.05) is 4.90 Å². The van der Waals surface area contributed by atoms with Crippen LogP contribution in [0, 0.1) is 18.7 Å². The fraction of sp³-hybridized carbons (Fsp3) is 0.368. The van der Waals surface area contributed by atoms with Crippen LogP contribution in [0.15, 0.2) is 36.5 Å². The fourth-order valence-corrected chi connectivity index (χ4v) is 3.17. The Morgan fingerprint density at radius 2 is 1.89 bits per heavy atom. The normalized spacial score (nSPS) is 15.7. The maximum Gasteiger partial charge on any atom is 0.419 e. The van der Waals surface area contributed by atoms with Crippen LogP contribution >= 0.6 is 0 Å². The highest BCUT2D eigenvalue weighted by Gasteiger charge is 2.33. The highest BCUT2D eigenvalue weighted by molar-refractivity contribution is 5.93. The van der Waals surface area contributed by atoms with E-state index in [1.54, 1.807) is 6.92 Å². The molecule has 2 N–H and O–H groups in total. The van der Waals surface area contributed by atoms with Crippen LogP contribution in [0.4, 0.5) is 29.1 Å². The van der Waals surface area contributed by atoms with Crippen molar-refractivity contribution in [1.29, 1.82) is 0 Å². The number of alkyl halides is 3. The molecule has 0 bridgehead atoms. The van der Waals surface area contributed by atoms with Gasteiger partial charge in [-0.2, -0.15) is 13.2 Å². The Bertz CT molecular complexity index is 813. The Morgan fingerprint density at radius 1 is 1.19 bits per heavy atom. The summed E-state index contributed by atoms with van der Waals surface area (Å²) in [7, 11) is 0. The molecule has 3 rings (SSSR count). The highest BCUT2D eigenvalue weighted by Crippen LogP contribution is 2.29. The van der Waals surface area contributed by atoms with Gasteiger partial charge < -0.3 is 5.32 Å². The maximum absolute atomic E-state index is 13.2. The predicted octanol–water partition coefficient (Wildman–Crippen LogP) is 3.82. The van der Waals surface area contributed by atoms with E-state index in [0.717, 1.165) is 12.3 Å². The van der Waals surface area contributed by atoms with Crippen LogP contribution in [0.3, 0.4) is 0 Å². The van der Waals surface area contributed by atoms with Crippen LogP contribution in [-0.2, 0) is 11.0 Å². The molecule has 1 fully saturated rings. The van der Waals surface area contributed by atoms with Crippen molar-refractivity contribution in [3.8, 4) is 0 Å². The summed E-state index contributed by atoms with van der Waals surface area (Å²) in [6.45, 7) is 2.84. The van der Waals surface area contributed by atoms with E-state index in [0.29, 0.717) is 43.0 Å². The molecule has 0 unspecified atom stereocenters. The first kappa shape index (κ1) is 19.1. The Kier molecular flexibility index (Phi) is 5.34. The number of carbonyl (C=O) groups is 1. The van der Waals surface area contributed by atoms with E-state index in [4.69, 9.17) is 0 Å². The molecule has 1 aliphatic rings. The summed E-state index contributed by atoms with van der Waals surface area (Å²) >= 11 is 0. The van der Waals surface area contributed by atoms with Gasteiger partial charge in [0, 0.05) is 17.7 Å². The van der Waals surface area contributed by atoms with Gasteiger partial charge in [0.15, 0.2) is 0 Å². The number of pyridine rings is 1. The second kappa shape index (κ2) is 7.54. The van der Waals surface area contributed by atoms with Crippen molar-refractivity contribution >= 4 is 17.4 Å². The molecule has 1 aromatic carbocycles. The van der Waals surface area contributed by atoms with Gasteiger partial charge in [-0.25, -0.2) is 9.37 Å². The van der Waals surface area contributed by atoms with E-state index >= 15 is 0 Å². The monoisotopic (exact) mass is 382 g/mol. The third kappa shape index (κ3) is 4.56. The van der Waals surface area contributed by atoms with Gasteiger partial charge in [-0.15, -0.1) is 0 Å². The van der Waals surface area contributed by atoms with E-state index in [-0.39, 0.29) is 17.6 Å². The lowest BCUT2D eigenvalue weighted by atomic mass is 9.95. The van der Waals surface area contributed by atoms with Crippen molar-refractivity contribution < 1.29 is 27.3 Å². The number of rotatable bonds is 3. The molecular weight excluding hydrogens is 362 g/mol. The van der Waals surface area contributed by atoms with Gasteiger partial charge in [0.1, 0.15) is 12.0 Å². The number of anilines is 2. The lowest BCUT2D eigenvalue weighted by Gasteiger charge is -2.27. The van der Waals surface area contributed by atoms with Crippen LogP contribution in [0.25, 0.3) is 0 Å².